The van der Waals surface area contributed by atoms with Crippen molar-refractivity contribution < 1.29 is 4.74 Å². The molecule has 0 aromatic rings. The number of nitrogens with one attached hydrogen (secondary N) is 1. The van der Waals surface area contributed by atoms with Gasteiger partial charge in [0.2, 0.25) is 0 Å². The summed E-state index contributed by atoms with van der Waals surface area (Å²) in [5.74, 6) is 0. The van der Waals surface area contributed by atoms with E-state index >= 15 is 0 Å². The Kier molecular flexibility index (Phi) is 4.28. The van der Waals surface area contributed by atoms with Crippen LogP contribution in [0.25, 0.3) is 0 Å². The van der Waals surface area contributed by atoms with E-state index in [1.54, 1.807) is 0 Å². The number of ether oxygens (including phenoxy) is 1. The van der Waals surface area contributed by atoms with Gasteiger partial charge in [-0.25, -0.2) is 0 Å². The van der Waals surface area contributed by atoms with E-state index in [-0.39, 0.29) is 5.54 Å². The van der Waals surface area contributed by atoms with E-state index in [0.717, 1.165) is 6.61 Å². The van der Waals surface area contributed by atoms with Crippen molar-refractivity contribution in [2.45, 2.75) is 63.8 Å². The van der Waals surface area contributed by atoms with Gasteiger partial charge in [-0.2, -0.15) is 0 Å². The Labute approximate surface area is 99.4 Å². The highest BCUT2D eigenvalue weighted by atomic mass is 16.5. The molecule has 1 N–H and O–H groups in total. The molecule has 2 heteroatoms. The molecule has 1 saturated heterocycles. The fourth-order valence-electron chi connectivity index (χ4n) is 3.14. The molecule has 0 radical (unpaired) electrons. The Morgan fingerprint density at radius 3 is 3.00 bits per heavy atom. The summed E-state index contributed by atoms with van der Waals surface area (Å²) in [6.45, 7) is 4.38. The summed E-state index contributed by atoms with van der Waals surface area (Å²) in [4.78, 5) is 0. The second kappa shape index (κ2) is 5.72. The molecule has 0 aromatic heterocycles. The highest BCUT2D eigenvalue weighted by Gasteiger charge is 2.34. The van der Waals surface area contributed by atoms with E-state index in [9.17, 15) is 0 Å². The van der Waals surface area contributed by atoms with Gasteiger partial charge in [0.15, 0.2) is 0 Å². The highest BCUT2D eigenvalue weighted by Crippen LogP contribution is 2.34. The highest BCUT2D eigenvalue weighted by molar-refractivity contribution is 5.20. The lowest BCUT2D eigenvalue weighted by Gasteiger charge is -2.37. The molecule has 0 aromatic carbocycles. The first kappa shape index (κ1) is 12.0. The van der Waals surface area contributed by atoms with Gasteiger partial charge in [0, 0.05) is 5.54 Å². The second-order valence-corrected chi connectivity index (χ2v) is 5.19. The van der Waals surface area contributed by atoms with Gasteiger partial charge >= 0.3 is 0 Å². The van der Waals surface area contributed by atoms with E-state index < -0.39 is 0 Å². The molecule has 1 atom stereocenters. The first-order chi connectivity index (χ1) is 7.87. The maximum absolute atomic E-state index is 5.55. The van der Waals surface area contributed by atoms with Gasteiger partial charge in [-0.1, -0.05) is 26.2 Å². The van der Waals surface area contributed by atoms with Crippen LogP contribution in [0.15, 0.2) is 11.8 Å². The van der Waals surface area contributed by atoms with Crippen molar-refractivity contribution in [3.63, 3.8) is 0 Å². The number of rotatable bonds is 3. The molecular formula is C14H25NO. The predicted octanol–water partition coefficient (Wildman–Crippen LogP) is 3.38. The molecule has 16 heavy (non-hydrogen) atoms. The van der Waals surface area contributed by atoms with Crippen LogP contribution >= 0.6 is 0 Å². The van der Waals surface area contributed by atoms with Crippen molar-refractivity contribution in [2.75, 3.05) is 13.2 Å². The molecule has 2 nitrogen and oxygen atoms in total. The Hall–Kier alpha value is -0.500. The summed E-state index contributed by atoms with van der Waals surface area (Å²) in [6.07, 6.45) is 12.4. The summed E-state index contributed by atoms with van der Waals surface area (Å²) < 4.78 is 5.55. The minimum atomic E-state index is 0.270. The van der Waals surface area contributed by atoms with E-state index in [1.807, 2.05) is 0 Å². The zero-order chi connectivity index (χ0) is 11.3. The standard InChI is InChI=1S/C14H25NO/c1-2-8-14(9-4-3-5-10-15-14)13-7-6-11-16-12-13/h12,15H,2-11H2,1H3. The van der Waals surface area contributed by atoms with E-state index in [0.29, 0.717) is 0 Å². The second-order valence-electron chi connectivity index (χ2n) is 5.19. The summed E-state index contributed by atoms with van der Waals surface area (Å²) >= 11 is 0. The fourth-order valence-corrected chi connectivity index (χ4v) is 3.14. The van der Waals surface area contributed by atoms with Crippen LogP contribution in [0.4, 0.5) is 0 Å². The van der Waals surface area contributed by atoms with Crippen molar-refractivity contribution in [1.29, 1.82) is 0 Å². The molecular weight excluding hydrogens is 198 g/mol. The van der Waals surface area contributed by atoms with Crippen LogP contribution < -0.4 is 5.32 Å². The first-order valence-electron chi connectivity index (χ1n) is 6.93. The maximum atomic E-state index is 5.55. The van der Waals surface area contributed by atoms with Gasteiger partial charge in [-0.05, 0) is 44.2 Å². The average molecular weight is 223 g/mol. The van der Waals surface area contributed by atoms with E-state index in [1.165, 1.54) is 63.5 Å². The molecule has 0 aliphatic carbocycles. The van der Waals surface area contributed by atoms with Crippen molar-refractivity contribution >= 4 is 0 Å². The van der Waals surface area contributed by atoms with Crippen LogP contribution in [0.5, 0.6) is 0 Å². The molecule has 1 unspecified atom stereocenters. The topological polar surface area (TPSA) is 21.3 Å². The quantitative estimate of drug-likeness (QED) is 0.792. The van der Waals surface area contributed by atoms with Gasteiger partial charge < -0.3 is 10.1 Å². The largest absolute Gasteiger partial charge is 0.501 e. The van der Waals surface area contributed by atoms with Crippen molar-refractivity contribution in [2.24, 2.45) is 0 Å². The van der Waals surface area contributed by atoms with Crippen molar-refractivity contribution in [1.82, 2.24) is 5.32 Å². The maximum Gasteiger partial charge on any atom is 0.0876 e. The Morgan fingerprint density at radius 1 is 1.31 bits per heavy atom. The molecule has 2 aliphatic rings. The molecule has 92 valence electrons. The van der Waals surface area contributed by atoms with E-state index in [2.05, 4.69) is 18.5 Å². The normalized spacial score (nSPS) is 31.4. The molecule has 2 aliphatic heterocycles. The summed E-state index contributed by atoms with van der Waals surface area (Å²) in [6, 6.07) is 0. The van der Waals surface area contributed by atoms with Crippen LogP contribution in [0.3, 0.4) is 0 Å². The number of hydrogen-bond acceptors (Lipinski definition) is 2. The molecule has 0 amide bonds. The minimum Gasteiger partial charge on any atom is -0.501 e. The molecule has 0 spiro atoms. The van der Waals surface area contributed by atoms with Gasteiger partial charge in [-0.15, -0.1) is 0 Å². The van der Waals surface area contributed by atoms with Crippen LogP contribution in [0.1, 0.15) is 58.3 Å². The van der Waals surface area contributed by atoms with Crippen molar-refractivity contribution in [3.8, 4) is 0 Å². The predicted molar refractivity (Wildman–Crippen MR) is 67.4 cm³/mol. The van der Waals surface area contributed by atoms with Gasteiger partial charge in [-0.3, -0.25) is 0 Å². The number of hydrogen-bond donors (Lipinski definition) is 1. The minimum absolute atomic E-state index is 0.270. The third kappa shape index (κ3) is 2.60. The molecule has 2 rings (SSSR count). The molecule has 2 heterocycles. The van der Waals surface area contributed by atoms with Gasteiger partial charge in [0.1, 0.15) is 0 Å². The average Bonchev–Trinajstić information content (AvgIpc) is 2.57. The summed E-state index contributed by atoms with van der Waals surface area (Å²) in [7, 11) is 0. The van der Waals surface area contributed by atoms with Crippen LogP contribution in [-0.4, -0.2) is 18.7 Å². The van der Waals surface area contributed by atoms with Crippen molar-refractivity contribution in [3.05, 3.63) is 11.8 Å². The lowest BCUT2D eigenvalue weighted by Crippen LogP contribution is -2.47. The third-order valence-corrected chi connectivity index (χ3v) is 3.97. The van der Waals surface area contributed by atoms with Crippen LogP contribution in [0, 0.1) is 0 Å². The lowest BCUT2D eigenvalue weighted by molar-refractivity contribution is 0.203. The summed E-state index contributed by atoms with van der Waals surface area (Å²) in [5, 5.41) is 3.82. The smallest absolute Gasteiger partial charge is 0.0876 e. The zero-order valence-corrected chi connectivity index (χ0v) is 10.6. The van der Waals surface area contributed by atoms with Crippen LogP contribution in [-0.2, 0) is 4.74 Å². The summed E-state index contributed by atoms with van der Waals surface area (Å²) in [5.41, 5.74) is 1.80. The Morgan fingerprint density at radius 2 is 2.25 bits per heavy atom. The Balaban J connectivity index is 2.14. The third-order valence-electron chi connectivity index (χ3n) is 3.97. The zero-order valence-electron chi connectivity index (χ0n) is 10.6. The van der Waals surface area contributed by atoms with Gasteiger partial charge in [0.05, 0.1) is 12.9 Å². The van der Waals surface area contributed by atoms with Gasteiger partial charge in [0.25, 0.3) is 0 Å². The van der Waals surface area contributed by atoms with Crippen LogP contribution in [0.2, 0.25) is 0 Å². The fraction of sp³-hybridized carbons (Fsp3) is 0.857. The van der Waals surface area contributed by atoms with E-state index in [4.69, 9.17) is 4.74 Å². The first-order valence-corrected chi connectivity index (χ1v) is 6.93. The molecule has 1 fully saturated rings. The molecule has 0 bridgehead atoms. The SMILES string of the molecule is CCCC1(C2=COCCC2)CCCCCN1. The monoisotopic (exact) mass is 223 g/mol. The lowest BCUT2D eigenvalue weighted by atomic mass is 9.79. The molecule has 0 saturated carbocycles. The Bertz CT molecular complexity index is 239.